The molecule has 26 heavy (non-hydrogen) atoms. The molecule has 1 rings (SSSR count). The van der Waals surface area contributed by atoms with Gasteiger partial charge < -0.3 is 24.1 Å². The first-order valence-electron chi connectivity index (χ1n) is 8.61. The second kappa shape index (κ2) is 8.35. The first-order chi connectivity index (χ1) is 11.7. The summed E-state index contributed by atoms with van der Waals surface area (Å²) in [6.07, 6.45) is -4.14. The molecule has 0 aromatic carbocycles. The van der Waals surface area contributed by atoms with E-state index in [2.05, 4.69) is 0 Å². The number of aliphatic hydroxyl groups is 1. The first-order valence-corrected chi connectivity index (χ1v) is 8.61. The van der Waals surface area contributed by atoms with Crippen molar-refractivity contribution >= 4 is 17.9 Å². The van der Waals surface area contributed by atoms with Gasteiger partial charge in [0.1, 0.15) is 18.8 Å². The van der Waals surface area contributed by atoms with Gasteiger partial charge in [-0.15, -0.1) is 0 Å². The largest absolute Gasteiger partial charge is 0.462 e. The minimum atomic E-state index is -1.24. The van der Waals surface area contributed by atoms with Crippen LogP contribution in [0.1, 0.15) is 54.9 Å². The highest BCUT2D eigenvalue weighted by Crippen LogP contribution is 2.28. The van der Waals surface area contributed by atoms with Gasteiger partial charge in [-0.2, -0.15) is 0 Å². The van der Waals surface area contributed by atoms with Crippen LogP contribution < -0.4 is 0 Å². The minimum absolute atomic E-state index is 0.0521. The molecular weight excluding hydrogens is 344 g/mol. The lowest BCUT2D eigenvalue weighted by atomic mass is 9.96. The molecule has 1 heterocycles. The number of hydrogen-bond donors (Lipinski definition) is 1. The summed E-state index contributed by atoms with van der Waals surface area (Å²) in [6, 6.07) is 0. The highest BCUT2D eigenvalue weighted by atomic mass is 16.7. The summed E-state index contributed by atoms with van der Waals surface area (Å²) in [7, 11) is 0. The first kappa shape index (κ1) is 22.4. The lowest BCUT2D eigenvalue weighted by molar-refractivity contribution is -0.255. The highest BCUT2D eigenvalue weighted by Gasteiger charge is 2.44. The molecule has 0 bridgehead atoms. The molecule has 0 saturated carbocycles. The van der Waals surface area contributed by atoms with Crippen molar-refractivity contribution in [2.75, 3.05) is 6.61 Å². The van der Waals surface area contributed by atoms with Crippen molar-refractivity contribution < 1.29 is 38.4 Å². The van der Waals surface area contributed by atoms with E-state index in [1.807, 2.05) is 0 Å². The Morgan fingerprint density at radius 1 is 1.00 bits per heavy atom. The second-order valence-corrected chi connectivity index (χ2v) is 8.48. The average Bonchev–Trinajstić information content (AvgIpc) is 2.45. The molecule has 1 aliphatic rings. The van der Waals surface area contributed by atoms with Crippen LogP contribution in [0.15, 0.2) is 0 Å². The third kappa shape index (κ3) is 6.57. The molecule has 0 aliphatic carbocycles. The topological polar surface area (TPSA) is 108 Å². The zero-order valence-electron chi connectivity index (χ0n) is 16.5. The van der Waals surface area contributed by atoms with E-state index in [0.717, 1.165) is 0 Å². The van der Waals surface area contributed by atoms with Gasteiger partial charge in [-0.05, 0) is 41.5 Å². The minimum Gasteiger partial charge on any atom is -0.462 e. The molecule has 0 radical (unpaired) electrons. The predicted octanol–water partition coefficient (Wildman–Crippen LogP) is 1.57. The molecule has 1 saturated heterocycles. The van der Waals surface area contributed by atoms with Gasteiger partial charge in [0, 0.05) is 13.3 Å². The maximum atomic E-state index is 12.2. The zero-order valence-corrected chi connectivity index (χ0v) is 16.5. The fourth-order valence-corrected chi connectivity index (χ4v) is 2.19. The van der Waals surface area contributed by atoms with E-state index < -0.39 is 53.3 Å². The molecule has 0 amide bonds. The number of hydrogen-bond acceptors (Lipinski definition) is 8. The highest BCUT2D eigenvalue weighted by molar-refractivity contribution is 5.76. The zero-order chi connectivity index (χ0) is 20.3. The standard InChI is InChI=1S/C18H30O8/c1-10(19)24-14-11(26-16(22)18(5,6)7)8-13(20)25-12(14)9-23-15(21)17(2,3)4/h11-14,20H,8-9H2,1-7H3/t11-,12-,13-,14+/m1/s1. The Kier molecular flexibility index (Phi) is 7.18. The SMILES string of the molecule is CC(=O)O[C@H]1[C@H](OC(=O)C(C)(C)C)C[C@H](O)O[C@@H]1COC(=O)C(C)(C)C. The van der Waals surface area contributed by atoms with Crippen LogP contribution in [0.2, 0.25) is 0 Å². The van der Waals surface area contributed by atoms with E-state index in [1.165, 1.54) is 6.92 Å². The van der Waals surface area contributed by atoms with Gasteiger partial charge in [-0.25, -0.2) is 0 Å². The predicted molar refractivity (Wildman–Crippen MR) is 90.8 cm³/mol. The third-order valence-electron chi connectivity index (χ3n) is 3.66. The van der Waals surface area contributed by atoms with Crippen LogP contribution in [-0.4, -0.2) is 54.2 Å². The maximum Gasteiger partial charge on any atom is 0.311 e. The van der Waals surface area contributed by atoms with Crippen molar-refractivity contribution in [3.05, 3.63) is 0 Å². The van der Waals surface area contributed by atoms with Gasteiger partial charge in [0.15, 0.2) is 12.4 Å². The number of rotatable bonds is 4. The fourth-order valence-electron chi connectivity index (χ4n) is 2.19. The van der Waals surface area contributed by atoms with Gasteiger partial charge in [-0.1, -0.05) is 0 Å². The van der Waals surface area contributed by atoms with E-state index in [0.29, 0.717) is 0 Å². The quantitative estimate of drug-likeness (QED) is 0.583. The number of carbonyl (C=O) groups is 3. The molecule has 4 atom stereocenters. The summed E-state index contributed by atoms with van der Waals surface area (Å²) in [4.78, 5) is 35.7. The van der Waals surface area contributed by atoms with Crippen molar-refractivity contribution in [3.63, 3.8) is 0 Å². The van der Waals surface area contributed by atoms with E-state index in [4.69, 9.17) is 18.9 Å². The van der Waals surface area contributed by atoms with E-state index in [1.54, 1.807) is 41.5 Å². The second-order valence-electron chi connectivity index (χ2n) is 8.48. The van der Waals surface area contributed by atoms with Crippen molar-refractivity contribution in [3.8, 4) is 0 Å². The van der Waals surface area contributed by atoms with Crippen molar-refractivity contribution in [1.29, 1.82) is 0 Å². The van der Waals surface area contributed by atoms with Gasteiger partial charge in [0.2, 0.25) is 0 Å². The van der Waals surface area contributed by atoms with Crippen LogP contribution in [0.5, 0.6) is 0 Å². The van der Waals surface area contributed by atoms with Crippen LogP contribution in [0.4, 0.5) is 0 Å². The molecule has 1 fully saturated rings. The maximum absolute atomic E-state index is 12.2. The van der Waals surface area contributed by atoms with Crippen molar-refractivity contribution in [2.45, 2.75) is 79.5 Å². The van der Waals surface area contributed by atoms with Crippen molar-refractivity contribution in [2.24, 2.45) is 10.8 Å². The molecule has 0 spiro atoms. The number of carbonyl (C=O) groups excluding carboxylic acids is 3. The lowest BCUT2D eigenvalue weighted by Gasteiger charge is -2.39. The Morgan fingerprint density at radius 3 is 2.00 bits per heavy atom. The van der Waals surface area contributed by atoms with E-state index in [9.17, 15) is 19.5 Å². The molecule has 150 valence electrons. The Labute approximate surface area is 154 Å². The van der Waals surface area contributed by atoms with Crippen LogP contribution in [0.25, 0.3) is 0 Å². The van der Waals surface area contributed by atoms with Crippen LogP contribution in [0.3, 0.4) is 0 Å². The summed E-state index contributed by atoms with van der Waals surface area (Å²) >= 11 is 0. The summed E-state index contributed by atoms with van der Waals surface area (Å²) in [6.45, 7) is 11.1. The number of ether oxygens (including phenoxy) is 4. The number of esters is 3. The molecular formula is C18H30O8. The fraction of sp³-hybridized carbons (Fsp3) is 0.833. The summed E-state index contributed by atoms with van der Waals surface area (Å²) in [5.41, 5.74) is -1.49. The molecule has 0 unspecified atom stereocenters. The molecule has 0 aromatic heterocycles. The monoisotopic (exact) mass is 374 g/mol. The molecule has 1 N–H and O–H groups in total. The Bertz CT molecular complexity index is 528. The van der Waals surface area contributed by atoms with Gasteiger partial charge in [0.05, 0.1) is 10.8 Å². The van der Waals surface area contributed by atoms with Gasteiger partial charge >= 0.3 is 17.9 Å². The Morgan fingerprint density at radius 2 is 1.54 bits per heavy atom. The smallest absolute Gasteiger partial charge is 0.311 e. The Balaban J connectivity index is 2.93. The van der Waals surface area contributed by atoms with E-state index >= 15 is 0 Å². The normalized spacial score (nSPS) is 26.8. The summed E-state index contributed by atoms with van der Waals surface area (Å²) in [5.74, 6) is -1.57. The lowest BCUT2D eigenvalue weighted by Crippen LogP contribution is -2.54. The van der Waals surface area contributed by atoms with Gasteiger partial charge in [-0.3, -0.25) is 14.4 Å². The average molecular weight is 374 g/mol. The van der Waals surface area contributed by atoms with Crippen LogP contribution in [0, 0.1) is 10.8 Å². The third-order valence-corrected chi connectivity index (χ3v) is 3.66. The van der Waals surface area contributed by atoms with Crippen LogP contribution in [-0.2, 0) is 33.3 Å². The van der Waals surface area contributed by atoms with E-state index in [-0.39, 0.29) is 13.0 Å². The number of aliphatic hydroxyl groups excluding tert-OH is 1. The van der Waals surface area contributed by atoms with Crippen LogP contribution >= 0.6 is 0 Å². The summed E-state index contributed by atoms with van der Waals surface area (Å²) < 4.78 is 21.3. The van der Waals surface area contributed by atoms with Crippen molar-refractivity contribution in [1.82, 2.24) is 0 Å². The molecule has 1 aliphatic heterocycles. The summed E-state index contributed by atoms with van der Waals surface area (Å²) in [5, 5.41) is 9.95. The molecule has 8 nitrogen and oxygen atoms in total. The molecule has 0 aromatic rings. The molecule has 8 heteroatoms. The Hall–Kier alpha value is -1.67. The van der Waals surface area contributed by atoms with Gasteiger partial charge in [0.25, 0.3) is 0 Å².